The summed E-state index contributed by atoms with van der Waals surface area (Å²) in [5.74, 6) is -0.817. The van der Waals surface area contributed by atoms with E-state index in [1.165, 1.54) is 0 Å². The number of rotatable bonds is 6. The molecule has 17 heavy (non-hydrogen) atoms. The molecule has 0 saturated heterocycles. The number of hydrogen-bond donors (Lipinski definition) is 1. The Morgan fingerprint density at radius 1 is 1.29 bits per heavy atom. The van der Waals surface area contributed by atoms with E-state index >= 15 is 0 Å². The summed E-state index contributed by atoms with van der Waals surface area (Å²) in [6.45, 7) is 0.757. The van der Waals surface area contributed by atoms with E-state index in [2.05, 4.69) is 0 Å². The van der Waals surface area contributed by atoms with E-state index in [-0.39, 0.29) is 0 Å². The lowest BCUT2D eigenvalue weighted by atomic mass is 10.1. The molecule has 1 aromatic rings. The van der Waals surface area contributed by atoms with Crippen LogP contribution in [-0.2, 0) is 11.2 Å². The monoisotopic (exact) mass is 233 g/mol. The van der Waals surface area contributed by atoms with E-state index in [9.17, 15) is 4.79 Å². The molecule has 3 nitrogen and oxygen atoms in total. The maximum atomic E-state index is 11.0. The van der Waals surface area contributed by atoms with E-state index in [1.807, 2.05) is 49.3 Å². The molecule has 0 saturated carbocycles. The molecule has 3 heteroatoms. The van der Waals surface area contributed by atoms with E-state index in [0.717, 1.165) is 12.1 Å². The van der Waals surface area contributed by atoms with Gasteiger partial charge in [-0.1, -0.05) is 36.4 Å². The zero-order valence-corrected chi connectivity index (χ0v) is 10.4. The van der Waals surface area contributed by atoms with Crippen LogP contribution in [0.1, 0.15) is 12.0 Å². The zero-order chi connectivity index (χ0) is 12.7. The number of hydrogen-bond acceptors (Lipinski definition) is 2. The van der Waals surface area contributed by atoms with Crippen LogP contribution in [0.25, 0.3) is 0 Å². The van der Waals surface area contributed by atoms with Crippen LogP contribution in [0.15, 0.2) is 42.0 Å². The fraction of sp³-hybridized carbons (Fsp3) is 0.357. The Hall–Kier alpha value is -1.61. The first-order valence-corrected chi connectivity index (χ1v) is 5.70. The highest BCUT2D eigenvalue weighted by molar-refractivity contribution is 5.86. The molecule has 1 rings (SSSR count). The van der Waals surface area contributed by atoms with Crippen molar-refractivity contribution in [3.8, 4) is 0 Å². The second-order valence-electron chi connectivity index (χ2n) is 4.28. The molecule has 0 bridgehead atoms. The average molecular weight is 233 g/mol. The lowest BCUT2D eigenvalue weighted by Gasteiger charge is -2.09. The van der Waals surface area contributed by atoms with E-state index in [1.54, 1.807) is 6.08 Å². The van der Waals surface area contributed by atoms with Crippen LogP contribution in [-0.4, -0.2) is 36.6 Å². The van der Waals surface area contributed by atoms with Crippen LogP contribution in [0.3, 0.4) is 0 Å². The highest BCUT2D eigenvalue weighted by Gasteiger charge is 2.07. The van der Waals surface area contributed by atoms with Crippen molar-refractivity contribution in [2.24, 2.45) is 0 Å². The second-order valence-corrected chi connectivity index (χ2v) is 4.28. The third-order valence-electron chi connectivity index (χ3n) is 2.53. The molecule has 0 amide bonds. The van der Waals surface area contributed by atoms with Crippen molar-refractivity contribution in [2.45, 2.75) is 12.8 Å². The van der Waals surface area contributed by atoms with Gasteiger partial charge in [0.25, 0.3) is 0 Å². The fourth-order valence-electron chi connectivity index (χ4n) is 1.50. The predicted octanol–water partition coefficient (Wildman–Crippen LogP) is 2.19. The number of nitrogens with zero attached hydrogens (tertiary/aromatic N) is 1. The van der Waals surface area contributed by atoms with Crippen LogP contribution in [0.5, 0.6) is 0 Å². The maximum Gasteiger partial charge on any atom is 0.331 e. The fourth-order valence-corrected chi connectivity index (χ4v) is 1.50. The van der Waals surface area contributed by atoms with Gasteiger partial charge in [0.15, 0.2) is 0 Å². The van der Waals surface area contributed by atoms with E-state index < -0.39 is 5.97 Å². The van der Waals surface area contributed by atoms with Crippen molar-refractivity contribution < 1.29 is 9.90 Å². The van der Waals surface area contributed by atoms with Gasteiger partial charge in [-0.15, -0.1) is 0 Å². The van der Waals surface area contributed by atoms with Crippen molar-refractivity contribution in [1.82, 2.24) is 4.90 Å². The van der Waals surface area contributed by atoms with Gasteiger partial charge in [-0.25, -0.2) is 4.79 Å². The highest BCUT2D eigenvalue weighted by atomic mass is 16.4. The molecule has 0 spiro atoms. The van der Waals surface area contributed by atoms with Gasteiger partial charge in [0.1, 0.15) is 0 Å². The predicted molar refractivity (Wildman–Crippen MR) is 69.0 cm³/mol. The van der Waals surface area contributed by atoms with Gasteiger partial charge in [0.2, 0.25) is 0 Å². The Bertz CT molecular complexity index is 382. The molecule has 0 aromatic heterocycles. The molecule has 1 aromatic carbocycles. The number of carboxylic acid groups (broad SMARTS) is 1. The smallest absolute Gasteiger partial charge is 0.331 e. The summed E-state index contributed by atoms with van der Waals surface area (Å²) >= 11 is 0. The van der Waals surface area contributed by atoms with Gasteiger partial charge in [-0.3, -0.25) is 0 Å². The van der Waals surface area contributed by atoms with Crippen molar-refractivity contribution in [3.05, 3.63) is 47.5 Å². The molecular formula is C14H19NO2. The van der Waals surface area contributed by atoms with Gasteiger partial charge in [0, 0.05) is 12.1 Å². The van der Waals surface area contributed by atoms with Crippen molar-refractivity contribution in [1.29, 1.82) is 0 Å². The highest BCUT2D eigenvalue weighted by Crippen LogP contribution is 2.07. The van der Waals surface area contributed by atoms with Gasteiger partial charge in [0.05, 0.1) is 0 Å². The summed E-state index contributed by atoms with van der Waals surface area (Å²) < 4.78 is 0. The first-order valence-electron chi connectivity index (χ1n) is 5.70. The molecule has 0 unspecified atom stereocenters. The minimum atomic E-state index is -0.817. The first kappa shape index (κ1) is 13.5. The van der Waals surface area contributed by atoms with Crippen molar-refractivity contribution in [3.63, 3.8) is 0 Å². The number of aliphatic carboxylic acids is 1. The Morgan fingerprint density at radius 2 is 1.94 bits per heavy atom. The van der Waals surface area contributed by atoms with Crippen LogP contribution >= 0.6 is 0 Å². The number of carboxylic acids is 1. The molecule has 1 N–H and O–H groups in total. The summed E-state index contributed by atoms with van der Waals surface area (Å²) in [7, 11) is 3.88. The number of allylic oxidation sites excluding steroid dienone is 1. The minimum absolute atomic E-state index is 0.488. The summed E-state index contributed by atoms with van der Waals surface area (Å²) in [5.41, 5.74) is 1.62. The Kier molecular flexibility index (Phi) is 5.43. The zero-order valence-electron chi connectivity index (χ0n) is 10.4. The van der Waals surface area contributed by atoms with Gasteiger partial charge >= 0.3 is 5.97 Å². The lowest BCUT2D eigenvalue weighted by molar-refractivity contribution is -0.132. The van der Waals surface area contributed by atoms with Crippen molar-refractivity contribution in [2.75, 3.05) is 20.6 Å². The largest absolute Gasteiger partial charge is 0.478 e. The van der Waals surface area contributed by atoms with E-state index in [0.29, 0.717) is 18.4 Å². The average Bonchev–Trinajstić information content (AvgIpc) is 2.29. The van der Waals surface area contributed by atoms with Crippen LogP contribution in [0, 0.1) is 0 Å². The standard InChI is InChI=1S/C14H19NO2/c1-15(2)11-10-13(14(16)17)9-8-12-6-4-3-5-7-12/h3-7,9H,8,10-11H2,1-2H3,(H,16,17). The molecule has 0 aliphatic heterocycles. The Morgan fingerprint density at radius 3 is 2.47 bits per heavy atom. The maximum absolute atomic E-state index is 11.0. The molecule has 0 atom stereocenters. The lowest BCUT2D eigenvalue weighted by Crippen LogP contribution is -2.16. The number of carbonyl (C=O) groups is 1. The minimum Gasteiger partial charge on any atom is -0.478 e. The molecule has 0 aliphatic carbocycles. The Balaban J connectivity index is 2.61. The molecule has 0 heterocycles. The van der Waals surface area contributed by atoms with Gasteiger partial charge in [-0.05, 0) is 32.5 Å². The topological polar surface area (TPSA) is 40.5 Å². The molecule has 92 valence electrons. The second kappa shape index (κ2) is 6.86. The summed E-state index contributed by atoms with van der Waals surface area (Å²) in [6.07, 6.45) is 3.06. The number of benzene rings is 1. The van der Waals surface area contributed by atoms with E-state index in [4.69, 9.17) is 5.11 Å². The molecule has 0 fully saturated rings. The summed E-state index contributed by atoms with van der Waals surface area (Å²) in [6, 6.07) is 9.88. The summed E-state index contributed by atoms with van der Waals surface area (Å²) in [5, 5.41) is 9.08. The molecular weight excluding hydrogens is 214 g/mol. The normalized spacial score (nSPS) is 11.8. The SMILES string of the molecule is CN(C)CCC(=CCc1ccccc1)C(=O)O. The summed E-state index contributed by atoms with van der Waals surface area (Å²) in [4.78, 5) is 13.0. The molecule has 0 aliphatic rings. The quantitative estimate of drug-likeness (QED) is 0.766. The van der Waals surface area contributed by atoms with Crippen LogP contribution in [0.2, 0.25) is 0 Å². The Labute approximate surface area is 102 Å². The van der Waals surface area contributed by atoms with Gasteiger partial charge < -0.3 is 10.0 Å². The first-order chi connectivity index (χ1) is 8.09. The van der Waals surface area contributed by atoms with Crippen LogP contribution in [0.4, 0.5) is 0 Å². The van der Waals surface area contributed by atoms with Crippen molar-refractivity contribution >= 4 is 5.97 Å². The van der Waals surface area contributed by atoms with Crippen LogP contribution < -0.4 is 0 Å². The molecule has 0 radical (unpaired) electrons. The third-order valence-corrected chi connectivity index (χ3v) is 2.53. The third kappa shape index (κ3) is 5.31. The van der Waals surface area contributed by atoms with Gasteiger partial charge in [-0.2, -0.15) is 0 Å².